The number of halogens is 4. The molecule has 150 valence electrons. The molecule has 0 aliphatic rings. The van der Waals surface area contributed by atoms with E-state index in [1.807, 2.05) is 13.8 Å². The zero-order valence-corrected chi connectivity index (χ0v) is 15.6. The maximum absolute atomic E-state index is 14.4. The molecule has 0 bridgehead atoms. The van der Waals surface area contributed by atoms with Gasteiger partial charge in [-0.25, -0.2) is 9.37 Å². The van der Waals surface area contributed by atoms with Gasteiger partial charge >= 0.3 is 6.18 Å². The molecule has 0 aliphatic heterocycles. The number of alkyl halides is 3. The summed E-state index contributed by atoms with van der Waals surface area (Å²) in [5.74, 6) is -1.10. The van der Waals surface area contributed by atoms with Gasteiger partial charge in [0.25, 0.3) is 5.91 Å². The van der Waals surface area contributed by atoms with Crippen molar-refractivity contribution in [2.75, 3.05) is 5.32 Å². The monoisotopic (exact) mass is 398 g/mol. The van der Waals surface area contributed by atoms with Crippen LogP contribution in [-0.2, 0) is 13.2 Å². The molecule has 3 aromatic rings. The third-order valence-electron chi connectivity index (χ3n) is 3.63. The minimum absolute atomic E-state index is 0.0416. The zero-order chi connectivity index (χ0) is 21.1. The van der Waals surface area contributed by atoms with Crippen LogP contribution in [0, 0.1) is 12.7 Å². The van der Waals surface area contributed by atoms with Crippen LogP contribution in [0.4, 0.5) is 23.2 Å². The number of carbonyl (C=O) groups excluding carboxylic acids is 1. The fourth-order valence-corrected chi connectivity index (χ4v) is 2.37. The van der Waals surface area contributed by atoms with Crippen molar-refractivity contribution in [3.63, 3.8) is 0 Å². The highest BCUT2D eigenvalue weighted by Crippen LogP contribution is 2.32. The van der Waals surface area contributed by atoms with Crippen LogP contribution in [0.3, 0.4) is 0 Å². The maximum atomic E-state index is 14.4. The van der Waals surface area contributed by atoms with Crippen LogP contribution >= 0.6 is 0 Å². The average molecular weight is 398 g/mol. The first kappa shape index (κ1) is 21.1. The molecule has 28 heavy (non-hydrogen) atoms. The number of amides is 1. The number of nitrogens with one attached hydrogen (secondary N) is 1. The van der Waals surface area contributed by atoms with Gasteiger partial charge in [0.05, 0.1) is 5.69 Å². The van der Waals surface area contributed by atoms with Crippen molar-refractivity contribution in [1.82, 2.24) is 14.8 Å². The molecule has 0 unspecified atom stereocenters. The van der Waals surface area contributed by atoms with Crippen molar-refractivity contribution in [2.24, 2.45) is 7.05 Å². The van der Waals surface area contributed by atoms with Gasteiger partial charge in [0.15, 0.2) is 17.8 Å². The molecule has 2 aromatic heterocycles. The van der Waals surface area contributed by atoms with Crippen LogP contribution in [0.2, 0.25) is 0 Å². The molecule has 0 saturated carbocycles. The molecule has 0 aliphatic carbocycles. The molecule has 6 nitrogen and oxygen atoms in total. The quantitative estimate of drug-likeness (QED) is 0.642. The van der Waals surface area contributed by atoms with E-state index in [1.54, 1.807) is 6.92 Å². The number of hydrogen-bond acceptors (Lipinski definition) is 4. The molecular formula is C18H18F4N4O2. The van der Waals surface area contributed by atoms with Crippen molar-refractivity contribution in [2.45, 2.75) is 26.9 Å². The lowest BCUT2D eigenvalue weighted by molar-refractivity contribution is -0.141. The predicted octanol–water partition coefficient (Wildman–Crippen LogP) is 4.82. The summed E-state index contributed by atoms with van der Waals surface area (Å²) in [6.07, 6.45) is -3.52. The summed E-state index contributed by atoms with van der Waals surface area (Å²) in [6.45, 7) is 5.55. The van der Waals surface area contributed by atoms with Gasteiger partial charge in [0.1, 0.15) is 11.6 Å². The fourth-order valence-electron chi connectivity index (χ4n) is 2.37. The summed E-state index contributed by atoms with van der Waals surface area (Å²) in [5, 5.41) is 5.80. The minimum Gasteiger partial charge on any atom is -0.448 e. The average Bonchev–Trinajstić information content (AvgIpc) is 3.22. The zero-order valence-electron chi connectivity index (χ0n) is 15.6. The third-order valence-corrected chi connectivity index (χ3v) is 3.63. The van der Waals surface area contributed by atoms with Gasteiger partial charge in [-0.15, -0.1) is 0 Å². The number of nitrogens with zero attached hydrogens (tertiary/aromatic N) is 3. The van der Waals surface area contributed by atoms with Crippen molar-refractivity contribution < 1.29 is 26.8 Å². The van der Waals surface area contributed by atoms with Crippen molar-refractivity contribution in [1.29, 1.82) is 0 Å². The standard InChI is InChI=1S/C16H12F4N4O2.C2H6/c1-8-14(21-7-26-8)15(25)22-9-3-4-10(11(17)5-9)12-6-13(16(18,19)20)23-24(12)2;1-2/h3-7H,1-2H3,(H,22,25);1-2H3. The van der Waals surface area contributed by atoms with Crippen molar-refractivity contribution >= 4 is 11.6 Å². The number of aromatic nitrogens is 3. The van der Waals surface area contributed by atoms with E-state index in [2.05, 4.69) is 15.4 Å². The second kappa shape index (κ2) is 8.24. The largest absolute Gasteiger partial charge is 0.448 e. The third kappa shape index (κ3) is 4.38. The van der Waals surface area contributed by atoms with Crippen LogP contribution in [-0.4, -0.2) is 20.7 Å². The Labute approximate surface area is 158 Å². The van der Waals surface area contributed by atoms with Crippen LogP contribution in [0.5, 0.6) is 0 Å². The molecule has 0 atom stereocenters. The summed E-state index contributed by atoms with van der Waals surface area (Å²) in [4.78, 5) is 15.8. The molecule has 0 saturated heterocycles. The topological polar surface area (TPSA) is 73.0 Å². The van der Waals surface area contributed by atoms with Gasteiger partial charge in [0, 0.05) is 18.3 Å². The highest BCUT2D eigenvalue weighted by molar-refractivity contribution is 6.03. The Balaban J connectivity index is 0.00000136. The second-order valence-corrected chi connectivity index (χ2v) is 5.44. The van der Waals surface area contributed by atoms with Crippen LogP contribution < -0.4 is 5.32 Å². The van der Waals surface area contributed by atoms with E-state index < -0.39 is 23.6 Å². The maximum Gasteiger partial charge on any atom is 0.435 e. The number of benzene rings is 1. The second-order valence-electron chi connectivity index (χ2n) is 5.44. The Kier molecular flexibility index (Phi) is 6.22. The van der Waals surface area contributed by atoms with E-state index in [9.17, 15) is 22.4 Å². The number of oxazole rings is 1. The van der Waals surface area contributed by atoms with Crippen molar-refractivity contribution in [3.8, 4) is 11.3 Å². The first-order chi connectivity index (χ1) is 13.2. The first-order valence-corrected chi connectivity index (χ1v) is 8.29. The number of anilines is 1. The number of hydrogen-bond donors (Lipinski definition) is 1. The van der Waals surface area contributed by atoms with Gasteiger partial charge in [-0.3, -0.25) is 9.48 Å². The number of aryl methyl sites for hydroxylation is 2. The van der Waals surface area contributed by atoms with E-state index in [0.717, 1.165) is 23.2 Å². The molecule has 0 fully saturated rings. The van der Waals surface area contributed by atoms with Crippen molar-refractivity contribution in [3.05, 3.63) is 53.6 Å². The van der Waals surface area contributed by atoms with Gasteiger partial charge in [-0.05, 0) is 31.2 Å². The molecule has 2 heterocycles. The first-order valence-electron chi connectivity index (χ1n) is 8.29. The lowest BCUT2D eigenvalue weighted by Crippen LogP contribution is -2.13. The molecule has 0 spiro atoms. The molecule has 3 rings (SSSR count). The summed E-state index contributed by atoms with van der Waals surface area (Å²) in [7, 11) is 1.28. The highest BCUT2D eigenvalue weighted by atomic mass is 19.4. The Bertz CT molecular complexity index is 976. The minimum atomic E-state index is -4.63. The molecule has 10 heteroatoms. The van der Waals surface area contributed by atoms with E-state index in [4.69, 9.17) is 4.42 Å². The Morgan fingerprint density at radius 2 is 1.89 bits per heavy atom. The summed E-state index contributed by atoms with van der Waals surface area (Å²) >= 11 is 0. The van der Waals surface area contributed by atoms with Crippen LogP contribution in [0.1, 0.15) is 35.8 Å². The highest BCUT2D eigenvalue weighted by Gasteiger charge is 2.35. The Hall–Kier alpha value is -3.17. The Morgan fingerprint density at radius 1 is 1.21 bits per heavy atom. The summed E-state index contributed by atoms with van der Waals surface area (Å²) in [5.41, 5.74) is -1.06. The molecule has 1 N–H and O–H groups in total. The molecule has 0 radical (unpaired) electrons. The molecular weight excluding hydrogens is 380 g/mol. The Morgan fingerprint density at radius 3 is 2.39 bits per heavy atom. The molecule has 1 aromatic carbocycles. The predicted molar refractivity (Wildman–Crippen MR) is 94.1 cm³/mol. The number of rotatable bonds is 3. The van der Waals surface area contributed by atoms with Gasteiger partial charge in [0.2, 0.25) is 0 Å². The normalized spacial score (nSPS) is 11.0. The SMILES string of the molecule is CC.Cc1ocnc1C(=O)Nc1ccc(-c2cc(C(F)(F)F)nn2C)c(F)c1. The number of carbonyl (C=O) groups is 1. The van der Waals surface area contributed by atoms with Gasteiger partial charge in [-0.2, -0.15) is 18.3 Å². The lowest BCUT2D eigenvalue weighted by atomic mass is 10.1. The summed E-state index contributed by atoms with van der Waals surface area (Å²) < 4.78 is 58.5. The van der Waals surface area contributed by atoms with E-state index in [-0.39, 0.29) is 22.6 Å². The van der Waals surface area contributed by atoms with Gasteiger partial charge in [-0.1, -0.05) is 13.8 Å². The van der Waals surface area contributed by atoms with Crippen LogP contribution in [0.15, 0.2) is 35.1 Å². The molecule has 1 amide bonds. The van der Waals surface area contributed by atoms with Gasteiger partial charge < -0.3 is 9.73 Å². The summed E-state index contributed by atoms with van der Waals surface area (Å²) in [6, 6.07) is 4.39. The van der Waals surface area contributed by atoms with E-state index in [0.29, 0.717) is 5.76 Å². The fraction of sp³-hybridized carbons (Fsp3) is 0.278. The lowest BCUT2D eigenvalue weighted by Gasteiger charge is -2.07. The smallest absolute Gasteiger partial charge is 0.435 e. The van der Waals surface area contributed by atoms with E-state index >= 15 is 0 Å². The van der Waals surface area contributed by atoms with E-state index in [1.165, 1.54) is 19.2 Å². The van der Waals surface area contributed by atoms with Crippen LogP contribution in [0.25, 0.3) is 11.3 Å².